The Labute approximate surface area is 139 Å². The minimum Gasteiger partial charge on any atom is -0.465 e. The summed E-state index contributed by atoms with van der Waals surface area (Å²) in [4.78, 5) is 26.2. The molecule has 0 saturated heterocycles. The van der Waals surface area contributed by atoms with Gasteiger partial charge in [-0.1, -0.05) is 6.92 Å². The van der Waals surface area contributed by atoms with Crippen molar-refractivity contribution >= 4 is 39.6 Å². The highest BCUT2D eigenvalue weighted by Gasteiger charge is 2.22. The van der Waals surface area contributed by atoms with E-state index in [1.807, 2.05) is 6.92 Å². The number of carbonyl (C=O) groups excluding carboxylic acids is 2. The van der Waals surface area contributed by atoms with Gasteiger partial charge in [0, 0.05) is 14.3 Å². The number of carbonyl (C=O) groups is 2. The first-order valence-electron chi connectivity index (χ1n) is 6.36. The number of amides is 1. The molecule has 118 valence electrons. The summed E-state index contributed by atoms with van der Waals surface area (Å²) in [5.74, 6) is -2.20. The molecule has 1 rings (SSSR count). The molecule has 0 fully saturated rings. The van der Waals surface area contributed by atoms with Crippen LogP contribution in [-0.2, 0) is 9.53 Å². The number of azide groups is 1. The van der Waals surface area contributed by atoms with E-state index in [9.17, 15) is 14.0 Å². The summed E-state index contributed by atoms with van der Waals surface area (Å²) < 4.78 is 19.1. The van der Waals surface area contributed by atoms with Crippen molar-refractivity contribution < 1.29 is 18.7 Å². The average molecular weight is 390 g/mol. The maximum atomic E-state index is 13.8. The molecule has 0 radical (unpaired) electrons. The van der Waals surface area contributed by atoms with E-state index >= 15 is 0 Å². The number of thioether (sulfide) groups is 1. The molecule has 0 bridgehead atoms. The van der Waals surface area contributed by atoms with E-state index in [-0.39, 0.29) is 18.1 Å². The van der Waals surface area contributed by atoms with Crippen molar-refractivity contribution in [2.75, 3.05) is 6.61 Å². The van der Waals surface area contributed by atoms with Crippen LogP contribution in [0.25, 0.3) is 10.4 Å². The van der Waals surface area contributed by atoms with Crippen LogP contribution >= 0.6 is 27.7 Å². The second-order valence-corrected chi connectivity index (χ2v) is 6.12. The second-order valence-electron chi connectivity index (χ2n) is 4.02. The molecule has 6 nitrogen and oxygen atoms in total. The molecule has 22 heavy (non-hydrogen) atoms. The molecule has 1 amide bonds. The van der Waals surface area contributed by atoms with Crippen LogP contribution in [0, 0.1) is 5.82 Å². The molecule has 1 unspecified atom stereocenters. The Morgan fingerprint density at radius 2 is 2.18 bits per heavy atom. The molecule has 0 aliphatic rings. The molecule has 1 aromatic carbocycles. The van der Waals surface area contributed by atoms with Gasteiger partial charge in [-0.2, -0.15) is 0 Å². The summed E-state index contributed by atoms with van der Waals surface area (Å²) in [6, 6.07) is 2.35. The van der Waals surface area contributed by atoms with Crippen molar-refractivity contribution in [1.29, 1.82) is 0 Å². The second kappa shape index (κ2) is 8.77. The standard InChI is InChI=1S/C13H13BrFN3O3S/c1-3-10(13(20)21-4-2)22-11-5-7(12(19)17-18-16)9(15)6-8(11)14/h5-6,10H,3-4H2,1-2H3. The third-order valence-electron chi connectivity index (χ3n) is 2.58. The number of esters is 1. The fourth-order valence-corrected chi connectivity index (χ4v) is 3.16. The van der Waals surface area contributed by atoms with E-state index in [1.54, 1.807) is 6.92 Å². The van der Waals surface area contributed by atoms with Gasteiger partial charge >= 0.3 is 5.97 Å². The Hall–Kier alpha value is -1.57. The quantitative estimate of drug-likeness (QED) is 0.236. The Morgan fingerprint density at radius 1 is 1.50 bits per heavy atom. The van der Waals surface area contributed by atoms with E-state index < -0.39 is 17.0 Å². The van der Waals surface area contributed by atoms with Gasteiger partial charge in [-0.25, -0.2) is 4.39 Å². The molecule has 0 aromatic heterocycles. The van der Waals surface area contributed by atoms with Gasteiger partial charge in [0.15, 0.2) is 0 Å². The van der Waals surface area contributed by atoms with Gasteiger partial charge < -0.3 is 4.74 Å². The van der Waals surface area contributed by atoms with E-state index in [0.717, 1.165) is 17.8 Å². The van der Waals surface area contributed by atoms with Crippen LogP contribution in [0.1, 0.15) is 30.6 Å². The predicted octanol–water partition coefficient (Wildman–Crippen LogP) is 4.47. The third-order valence-corrected chi connectivity index (χ3v) is 4.90. The van der Waals surface area contributed by atoms with Gasteiger partial charge in [-0.15, -0.1) is 11.8 Å². The average Bonchev–Trinajstić information content (AvgIpc) is 2.46. The lowest BCUT2D eigenvalue weighted by molar-refractivity contribution is -0.142. The summed E-state index contributed by atoms with van der Waals surface area (Å²) in [7, 11) is 0. The van der Waals surface area contributed by atoms with Crippen LogP contribution in [-0.4, -0.2) is 23.7 Å². The van der Waals surface area contributed by atoms with Crippen molar-refractivity contribution in [3.63, 3.8) is 0 Å². The van der Waals surface area contributed by atoms with Crippen molar-refractivity contribution in [2.45, 2.75) is 30.4 Å². The zero-order valence-electron chi connectivity index (χ0n) is 11.9. The summed E-state index contributed by atoms with van der Waals surface area (Å²) in [5, 5.41) is 2.39. The van der Waals surface area contributed by atoms with Crippen molar-refractivity contribution in [3.8, 4) is 0 Å². The summed E-state index contributed by atoms with van der Waals surface area (Å²) in [6.45, 7) is 3.79. The molecule has 0 spiro atoms. The zero-order chi connectivity index (χ0) is 16.7. The lowest BCUT2D eigenvalue weighted by atomic mass is 10.2. The topological polar surface area (TPSA) is 92.1 Å². The highest BCUT2D eigenvalue weighted by Crippen LogP contribution is 2.34. The van der Waals surface area contributed by atoms with Crippen molar-refractivity contribution in [3.05, 3.63) is 38.4 Å². The minimum absolute atomic E-state index is 0.265. The van der Waals surface area contributed by atoms with Crippen LogP contribution in [0.2, 0.25) is 0 Å². The van der Waals surface area contributed by atoms with Gasteiger partial charge in [0.1, 0.15) is 11.1 Å². The fourth-order valence-electron chi connectivity index (χ4n) is 1.56. The smallest absolute Gasteiger partial charge is 0.319 e. The molecule has 1 atom stereocenters. The minimum atomic E-state index is -1.02. The number of hydrogen-bond acceptors (Lipinski definition) is 4. The van der Waals surface area contributed by atoms with Gasteiger partial charge in [0.25, 0.3) is 5.91 Å². The number of hydrogen-bond donors (Lipinski definition) is 0. The highest BCUT2D eigenvalue weighted by atomic mass is 79.9. The van der Waals surface area contributed by atoms with Crippen LogP contribution in [0.5, 0.6) is 0 Å². The molecular weight excluding hydrogens is 377 g/mol. The van der Waals surface area contributed by atoms with Crippen LogP contribution in [0.15, 0.2) is 26.6 Å². The highest BCUT2D eigenvalue weighted by molar-refractivity contribution is 9.10. The number of ether oxygens (including phenoxy) is 1. The van der Waals surface area contributed by atoms with Gasteiger partial charge in [0.2, 0.25) is 0 Å². The lowest BCUT2D eigenvalue weighted by Crippen LogP contribution is -2.19. The molecule has 0 heterocycles. The maximum Gasteiger partial charge on any atom is 0.319 e. The Balaban J connectivity index is 3.13. The zero-order valence-corrected chi connectivity index (χ0v) is 14.3. The van der Waals surface area contributed by atoms with E-state index in [2.05, 4.69) is 26.0 Å². The normalized spacial score (nSPS) is 11.5. The van der Waals surface area contributed by atoms with E-state index in [4.69, 9.17) is 10.3 Å². The SMILES string of the molecule is CCOC(=O)C(CC)Sc1cc(C(=O)N=[N+]=[N-])c(F)cc1Br. The Morgan fingerprint density at radius 3 is 2.73 bits per heavy atom. The summed E-state index contributed by atoms with van der Waals surface area (Å²) in [5.41, 5.74) is 7.92. The van der Waals surface area contributed by atoms with Gasteiger partial charge in [0.05, 0.1) is 12.2 Å². The molecule has 0 aliphatic heterocycles. The van der Waals surface area contributed by atoms with Crippen LogP contribution in [0.3, 0.4) is 0 Å². The van der Waals surface area contributed by atoms with Gasteiger partial charge in [-0.05, 0) is 52.1 Å². The third kappa shape index (κ3) is 4.72. The molecule has 0 saturated carbocycles. The number of benzene rings is 1. The number of rotatable bonds is 6. The summed E-state index contributed by atoms with van der Waals surface area (Å²) in [6.07, 6.45) is 0.507. The van der Waals surface area contributed by atoms with Crippen molar-refractivity contribution in [1.82, 2.24) is 0 Å². The van der Waals surface area contributed by atoms with E-state index in [1.165, 1.54) is 6.07 Å². The molecule has 1 aromatic rings. The molecule has 9 heteroatoms. The first kappa shape index (κ1) is 18.5. The van der Waals surface area contributed by atoms with Crippen LogP contribution in [0.4, 0.5) is 4.39 Å². The lowest BCUT2D eigenvalue weighted by Gasteiger charge is -2.14. The fraction of sp³-hybridized carbons (Fsp3) is 0.385. The van der Waals surface area contributed by atoms with E-state index in [0.29, 0.717) is 15.8 Å². The molecule has 0 N–H and O–H groups in total. The number of halogens is 2. The Kier molecular flexibility index (Phi) is 7.37. The molecular formula is C13H13BrFN3O3S. The summed E-state index contributed by atoms with van der Waals surface area (Å²) >= 11 is 4.33. The van der Waals surface area contributed by atoms with Gasteiger partial charge in [-0.3, -0.25) is 9.59 Å². The largest absolute Gasteiger partial charge is 0.465 e. The Bertz CT molecular complexity index is 635. The first-order chi connectivity index (χ1) is 10.4. The number of nitrogens with zero attached hydrogens (tertiary/aromatic N) is 3. The predicted molar refractivity (Wildman–Crippen MR) is 84.1 cm³/mol. The monoisotopic (exact) mass is 389 g/mol. The first-order valence-corrected chi connectivity index (χ1v) is 8.03. The van der Waals surface area contributed by atoms with Crippen LogP contribution < -0.4 is 0 Å². The van der Waals surface area contributed by atoms with Crippen molar-refractivity contribution in [2.24, 2.45) is 5.11 Å². The molecule has 0 aliphatic carbocycles. The maximum absolute atomic E-state index is 13.8.